The Morgan fingerprint density at radius 3 is 2.59 bits per heavy atom. The Hall–Kier alpha value is -1.89. The average molecular weight is 408 g/mol. The van der Waals surface area contributed by atoms with E-state index < -0.39 is 5.97 Å². The van der Waals surface area contributed by atoms with E-state index in [1.807, 2.05) is 0 Å². The van der Waals surface area contributed by atoms with Crippen LogP contribution in [-0.2, 0) is 16.7 Å². The van der Waals surface area contributed by atoms with Gasteiger partial charge in [-0.05, 0) is 51.5 Å². The first-order valence-electron chi connectivity index (χ1n) is 8.72. The van der Waals surface area contributed by atoms with Crippen LogP contribution in [0.5, 0.6) is 0 Å². The molecule has 2 aromatic rings. The monoisotopic (exact) mass is 407 g/mol. The van der Waals surface area contributed by atoms with Crippen molar-refractivity contribution < 1.29 is 19.6 Å². The van der Waals surface area contributed by atoms with Gasteiger partial charge < -0.3 is 15.4 Å². The normalized spacial score (nSPS) is 17.1. The maximum Gasteiger partial charge on any atom is 0.341 e. The van der Waals surface area contributed by atoms with E-state index in [1.54, 1.807) is 24.3 Å². The zero-order chi connectivity index (χ0) is 20.0. The number of nitrogens with one attached hydrogen (secondary N) is 1. The molecule has 0 atom stereocenters. The van der Waals surface area contributed by atoms with Crippen LogP contribution >= 0.6 is 22.9 Å². The molecule has 3 rings (SSSR count). The van der Waals surface area contributed by atoms with Crippen molar-refractivity contribution in [3.05, 3.63) is 50.9 Å². The molecule has 0 unspecified atom stereocenters. The van der Waals surface area contributed by atoms with Gasteiger partial charge in [0.25, 0.3) is 5.91 Å². The van der Waals surface area contributed by atoms with E-state index in [0.29, 0.717) is 21.2 Å². The number of hydrogen-bond acceptors (Lipinski definition) is 4. The highest BCUT2D eigenvalue weighted by Gasteiger charge is 2.45. The highest BCUT2D eigenvalue weighted by molar-refractivity contribution is 7.17. The van der Waals surface area contributed by atoms with E-state index in [1.165, 1.54) is 18.4 Å². The van der Waals surface area contributed by atoms with Crippen LogP contribution in [0.15, 0.2) is 24.3 Å². The largest absolute Gasteiger partial charge is 0.465 e. The second-order valence-electron chi connectivity index (χ2n) is 8.10. The minimum Gasteiger partial charge on any atom is -0.465 e. The number of nitrogens with two attached hydrogens (primary N) is 1. The van der Waals surface area contributed by atoms with E-state index in [4.69, 9.17) is 16.3 Å². The lowest BCUT2D eigenvalue weighted by Crippen LogP contribution is -3.03. The van der Waals surface area contributed by atoms with Crippen LogP contribution < -0.4 is 10.6 Å². The fourth-order valence-electron chi connectivity index (χ4n) is 3.91. The number of ether oxygens (including phenoxy) is 1. The third-order valence-corrected chi connectivity index (χ3v) is 6.40. The lowest BCUT2D eigenvalue weighted by molar-refractivity contribution is -0.789. The van der Waals surface area contributed by atoms with Crippen LogP contribution in [0.2, 0.25) is 5.02 Å². The third-order valence-electron chi connectivity index (χ3n) is 4.68. The maximum absolute atomic E-state index is 12.7. The van der Waals surface area contributed by atoms with Crippen molar-refractivity contribution >= 4 is 39.8 Å². The lowest BCUT2D eigenvalue weighted by Gasteiger charge is -2.38. The van der Waals surface area contributed by atoms with E-state index in [-0.39, 0.29) is 17.0 Å². The smallest absolute Gasteiger partial charge is 0.341 e. The number of anilines is 1. The van der Waals surface area contributed by atoms with E-state index in [9.17, 15) is 9.59 Å². The minimum absolute atomic E-state index is 0.0609. The third kappa shape index (κ3) is 3.88. The number of fused-ring (bicyclic) bond motifs is 1. The molecule has 5 nitrogen and oxygen atoms in total. The Labute approximate surface area is 168 Å². The van der Waals surface area contributed by atoms with Gasteiger partial charge in [-0.3, -0.25) is 4.79 Å². The first-order chi connectivity index (χ1) is 12.5. The highest BCUT2D eigenvalue weighted by Crippen LogP contribution is 2.42. The number of rotatable bonds is 3. The van der Waals surface area contributed by atoms with Crippen LogP contribution in [0.25, 0.3) is 0 Å². The summed E-state index contributed by atoms with van der Waals surface area (Å²) in [6, 6.07) is 6.72. The van der Waals surface area contributed by atoms with Gasteiger partial charge in [0.1, 0.15) is 10.5 Å². The van der Waals surface area contributed by atoms with Gasteiger partial charge in [0.2, 0.25) is 0 Å². The first kappa shape index (κ1) is 19.9. The number of halogens is 1. The van der Waals surface area contributed by atoms with Crippen molar-refractivity contribution in [2.75, 3.05) is 12.4 Å². The number of carbonyl (C=O) groups excluding carboxylic acids is 2. The number of benzene rings is 1. The van der Waals surface area contributed by atoms with Crippen molar-refractivity contribution in [2.24, 2.45) is 0 Å². The summed E-state index contributed by atoms with van der Waals surface area (Å²) < 4.78 is 5.03. The van der Waals surface area contributed by atoms with Crippen LogP contribution in [0.1, 0.15) is 58.9 Å². The molecule has 27 heavy (non-hydrogen) atoms. The van der Waals surface area contributed by atoms with Crippen molar-refractivity contribution in [3.63, 3.8) is 0 Å². The van der Waals surface area contributed by atoms with Gasteiger partial charge in [0.15, 0.2) is 0 Å². The molecule has 0 saturated carbocycles. The molecule has 0 radical (unpaired) electrons. The van der Waals surface area contributed by atoms with E-state index in [0.717, 1.165) is 16.9 Å². The highest BCUT2D eigenvalue weighted by atomic mass is 35.5. The SMILES string of the molecule is COC(=O)c1c(NC(=O)c2cccc(Cl)c2)sc2c1CC(C)(C)[NH2+]C2(C)C. The van der Waals surface area contributed by atoms with Crippen LogP contribution in [0.4, 0.5) is 5.00 Å². The fraction of sp³-hybridized carbons (Fsp3) is 0.400. The Morgan fingerprint density at radius 2 is 1.96 bits per heavy atom. The Bertz CT molecular complexity index is 918. The van der Waals surface area contributed by atoms with Gasteiger partial charge >= 0.3 is 5.97 Å². The summed E-state index contributed by atoms with van der Waals surface area (Å²) in [6.45, 7) is 8.57. The Balaban J connectivity index is 2.07. The number of hydrogen-bond donors (Lipinski definition) is 2. The van der Waals surface area contributed by atoms with Gasteiger partial charge in [-0.15, -0.1) is 11.3 Å². The molecule has 1 aliphatic rings. The standard InChI is InChI=1S/C20H23ClN2O3S/c1-19(2)10-13-14(18(25)26-5)17(27-15(13)20(3,4)23-19)22-16(24)11-7-6-8-12(21)9-11/h6-9,23H,10H2,1-5H3,(H,22,24)/p+1. The number of methoxy groups -OCH3 is 1. The summed E-state index contributed by atoms with van der Waals surface area (Å²) in [6.07, 6.45) is 0.722. The van der Waals surface area contributed by atoms with E-state index in [2.05, 4.69) is 38.3 Å². The summed E-state index contributed by atoms with van der Waals surface area (Å²) in [7, 11) is 1.36. The van der Waals surface area contributed by atoms with Gasteiger partial charge in [0, 0.05) is 17.0 Å². The molecule has 3 N–H and O–H groups in total. The molecule has 1 aromatic heterocycles. The minimum atomic E-state index is -0.428. The summed E-state index contributed by atoms with van der Waals surface area (Å²) in [5.41, 5.74) is 1.60. The summed E-state index contributed by atoms with van der Waals surface area (Å²) in [4.78, 5) is 26.4. The summed E-state index contributed by atoms with van der Waals surface area (Å²) in [5, 5.41) is 6.21. The zero-order valence-electron chi connectivity index (χ0n) is 16.1. The van der Waals surface area contributed by atoms with Crippen LogP contribution in [0.3, 0.4) is 0 Å². The van der Waals surface area contributed by atoms with Gasteiger partial charge in [-0.1, -0.05) is 17.7 Å². The molecular weight excluding hydrogens is 384 g/mol. The number of carbonyl (C=O) groups is 2. The molecule has 1 aliphatic heterocycles. The predicted octanol–water partition coefficient (Wildman–Crippen LogP) is 3.57. The molecule has 0 aliphatic carbocycles. The van der Waals surface area contributed by atoms with Crippen molar-refractivity contribution in [1.29, 1.82) is 0 Å². The van der Waals surface area contributed by atoms with E-state index >= 15 is 0 Å². The number of esters is 1. The van der Waals surface area contributed by atoms with Crippen molar-refractivity contribution in [1.82, 2.24) is 0 Å². The molecule has 144 valence electrons. The predicted molar refractivity (Wildman–Crippen MR) is 108 cm³/mol. The van der Waals surface area contributed by atoms with Crippen molar-refractivity contribution in [2.45, 2.75) is 45.2 Å². The number of amides is 1. The number of quaternary nitrogens is 1. The Morgan fingerprint density at radius 1 is 1.26 bits per heavy atom. The topological polar surface area (TPSA) is 72.0 Å². The molecule has 2 heterocycles. The number of thiophene rings is 1. The fourth-order valence-corrected chi connectivity index (χ4v) is 5.38. The van der Waals surface area contributed by atoms with Gasteiger partial charge in [0.05, 0.1) is 23.1 Å². The van der Waals surface area contributed by atoms with Gasteiger partial charge in [-0.25, -0.2) is 4.79 Å². The molecule has 1 amide bonds. The molecule has 7 heteroatoms. The maximum atomic E-state index is 12.7. The second kappa shape index (κ2) is 6.93. The average Bonchev–Trinajstić information content (AvgIpc) is 2.91. The molecule has 0 bridgehead atoms. The quantitative estimate of drug-likeness (QED) is 0.764. The molecular formula is C20H24ClN2O3S+. The van der Waals surface area contributed by atoms with Crippen LogP contribution in [0, 0.1) is 0 Å². The first-order valence-corrected chi connectivity index (χ1v) is 9.92. The van der Waals surface area contributed by atoms with Crippen LogP contribution in [-0.4, -0.2) is 24.5 Å². The molecule has 0 spiro atoms. The second-order valence-corrected chi connectivity index (χ2v) is 9.56. The zero-order valence-corrected chi connectivity index (χ0v) is 17.7. The van der Waals surface area contributed by atoms with Crippen molar-refractivity contribution in [3.8, 4) is 0 Å². The van der Waals surface area contributed by atoms with Gasteiger partial charge in [-0.2, -0.15) is 0 Å². The molecule has 0 fully saturated rings. The Kier molecular flexibility index (Phi) is 5.10. The summed E-state index contributed by atoms with van der Waals surface area (Å²) in [5.74, 6) is -0.732. The summed E-state index contributed by atoms with van der Waals surface area (Å²) >= 11 is 7.44. The lowest BCUT2D eigenvalue weighted by atomic mass is 9.81. The molecule has 1 aromatic carbocycles. The molecule has 0 saturated heterocycles.